The molecule has 7 aromatic rings. The van der Waals surface area contributed by atoms with E-state index in [0.717, 1.165) is 143 Å². The van der Waals surface area contributed by atoms with E-state index in [1.807, 2.05) is 71.3 Å². The Bertz CT molecular complexity index is 2650. The number of rotatable bonds is 18. The van der Waals surface area contributed by atoms with Crippen molar-refractivity contribution in [3.63, 3.8) is 0 Å². The average molecular weight is 927 g/mol. The van der Waals surface area contributed by atoms with Crippen LogP contribution < -0.4 is 20.6 Å². The smallest absolute Gasteiger partial charge is 0.345 e. The Morgan fingerprint density at radius 1 is 0.701 bits per heavy atom. The van der Waals surface area contributed by atoms with E-state index < -0.39 is 0 Å². The summed E-state index contributed by atoms with van der Waals surface area (Å²) >= 11 is 6.14. The molecule has 0 atom stereocenters. The molecule has 4 heterocycles. The minimum atomic E-state index is -0.212. The van der Waals surface area contributed by atoms with Gasteiger partial charge in [-0.25, -0.2) is 18.9 Å². The third-order valence-electron chi connectivity index (χ3n) is 13.1. The zero-order valence-corrected chi connectivity index (χ0v) is 39.8. The van der Waals surface area contributed by atoms with Gasteiger partial charge in [-0.3, -0.25) is 9.47 Å². The molecule has 2 saturated heterocycles. The number of piperidine rings is 1. The van der Waals surface area contributed by atoms with Gasteiger partial charge in [-0.2, -0.15) is 5.10 Å². The first kappa shape index (κ1) is 47.5. The monoisotopic (exact) mass is 925 g/mol. The number of likely N-dealkylation sites (tertiary alicyclic amines) is 1. The molecule has 352 valence electrons. The van der Waals surface area contributed by atoms with Crippen LogP contribution in [-0.2, 0) is 38.9 Å². The van der Waals surface area contributed by atoms with Crippen LogP contribution in [0.15, 0.2) is 132 Å². The Kier molecular flexibility index (Phi) is 16.8. The van der Waals surface area contributed by atoms with Crippen molar-refractivity contribution in [1.29, 1.82) is 0 Å². The van der Waals surface area contributed by atoms with Crippen molar-refractivity contribution in [2.45, 2.75) is 77.5 Å². The molecule has 0 unspecified atom stereocenters. The average Bonchev–Trinajstić information content (AvgIpc) is 3.87. The highest BCUT2D eigenvalue weighted by Crippen LogP contribution is 2.25. The molecular weight excluding hydrogens is 861 g/mol. The fraction of sp³-hybridized carbons (Fsp3) is 0.389. The lowest BCUT2D eigenvalue weighted by Gasteiger charge is -2.36. The first-order valence-electron chi connectivity index (χ1n) is 24.1. The van der Waals surface area contributed by atoms with Gasteiger partial charge in [0.1, 0.15) is 17.4 Å². The fourth-order valence-corrected chi connectivity index (χ4v) is 9.42. The summed E-state index contributed by atoms with van der Waals surface area (Å²) in [5, 5.41) is 9.12. The minimum Gasteiger partial charge on any atom is -0.497 e. The van der Waals surface area contributed by atoms with E-state index in [1.54, 1.807) is 11.8 Å². The number of hydrogen-bond donors (Lipinski definition) is 1. The van der Waals surface area contributed by atoms with E-state index in [2.05, 4.69) is 85.1 Å². The quantitative estimate of drug-likeness (QED) is 0.0912. The number of anilines is 2. The van der Waals surface area contributed by atoms with Crippen LogP contribution in [0.5, 0.6) is 5.75 Å². The second-order valence-electron chi connectivity index (χ2n) is 17.7. The largest absolute Gasteiger partial charge is 0.497 e. The number of benzene rings is 5. The van der Waals surface area contributed by atoms with Crippen LogP contribution in [-0.4, -0.2) is 99.2 Å². The first-order chi connectivity index (χ1) is 32.8. The van der Waals surface area contributed by atoms with E-state index in [9.17, 15) is 9.18 Å². The molecule has 2 aliphatic heterocycles. The van der Waals surface area contributed by atoms with E-state index >= 15 is 0 Å². The molecule has 13 heteroatoms. The van der Waals surface area contributed by atoms with Crippen LogP contribution in [0.1, 0.15) is 55.1 Å². The molecule has 2 aliphatic rings. The van der Waals surface area contributed by atoms with Crippen molar-refractivity contribution >= 4 is 34.3 Å². The highest BCUT2D eigenvalue weighted by Gasteiger charge is 2.22. The Morgan fingerprint density at radius 3 is 2.13 bits per heavy atom. The molecule has 5 aromatic carbocycles. The number of piperazine rings is 1. The molecule has 67 heavy (non-hydrogen) atoms. The van der Waals surface area contributed by atoms with Gasteiger partial charge in [0.15, 0.2) is 0 Å². The summed E-state index contributed by atoms with van der Waals surface area (Å²) in [5.74, 6) is 2.47. The highest BCUT2D eigenvalue weighted by molar-refractivity contribution is 6.30. The van der Waals surface area contributed by atoms with Crippen molar-refractivity contribution in [1.82, 2.24) is 33.7 Å². The minimum absolute atomic E-state index is 0.0330. The van der Waals surface area contributed by atoms with Crippen molar-refractivity contribution in [3.8, 4) is 5.75 Å². The number of ether oxygens (including phenoxy) is 1. The molecular formula is C54H65ClFN9O2. The normalized spacial score (nSPS) is 14.8. The predicted molar refractivity (Wildman–Crippen MR) is 270 cm³/mol. The molecule has 0 spiro atoms. The number of nitrogens with zero attached hydrogens (tertiary/aromatic N) is 8. The number of aromatic nitrogens is 5. The predicted octanol–water partition coefficient (Wildman–Crippen LogP) is 9.46. The summed E-state index contributed by atoms with van der Waals surface area (Å²) in [7, 11) is 1.70. The van der Waals surface area contributed by atoms with Crippen LogP contribution in [0.2, 0.25) is 5.02 Å². The first-order valence-corrected chi connectivity index (χ1v) is 24.4. The molecule has 0 radical (unpaired) electrons. The Balaban J connectivity index is 0.000000182. The number of para-hydroxylation sites is 2. The lowest BCUT2D eigenvalue weighted by Crippen LogP contribution is -2.46. The fourth-order valence-electron chi connectivity index (χ4n) is 9.23. The summed E-state index contributed by atoms with van der Waals surface area (Å²) in [4.78, 5) is 25.2. The molecule has 0 aliphatic carbocycles. The number of hydrogen-bond acceptors (Lipinski definition) is 8. The SMILES string of the molecule is CCc1nn(CCCN2CCN(c3cccc(Cl)c3)CC2)c(=O)n1CCCc1ccccc1.COc1ccc(CCN2CCC(Nc3nc4ccccc4n3Cc3ccc(F)cc3)CC2)cc1. The maximum Gasteiger partial charge on any atom is 0.345 e. The van der Waals surface area contributed by atoms with Crippen LogP contribution in [0, 0.1) is 5.82 Å². The summed E-state index contributed by atoms with van der Waals surface area (Å²) in [6.07, 6.45) is 6.85. The van der Waals surface area contributed by atoms with Gasteiger partial charge in [-0.1, -0.05) is 91.3 Å². The maximum atomic E-state index is 13.4. The maximum absolute atomic E-state index is 13.4. The number of imidazole rings is 1. The van der Waals surface area contributed by atoms with Gasteiger partial charge in [0.05, 0.1) is 24.7 Å². The van der Waals surface area contributed by atoms with Gasteiger partial charge in [0.25, 0.3) is 0 Å². The van der Waals surface area contributed by atoms with E-state index in [4.69, 9.17) is 21.3 Å². The number of methoxy groups -OCH3 is 1. The van der Waals surface area contributed by atoms with Gasteiger partial charge in [-0.05, 0) is 110 Å². The van der Waals surface area contributed by atoms with E-state index in [-0.39, 0.29) is 11.5 Å². The van der Waals surface area contributed by atoms with Crippen molar-refractivity contribution in [3.05, 3.63) is 171 Å². The molecule has 0 amide bonds. The topological polar surface area (TPSA) is 88.6 Å². The van der Waals surface area contributed by atoms with Crippen LogP contribution in [0.3, 0.4) is 0 Å². The van der Waals surface area contributed by atoms with Gasteiger partial charge < -0.3 is 24.4 Å². The standard InChI is InChI=1S/C28H31FN4O.C26H34ClN5O/c1-34-25-12-8-21(9-13-25)14-17-32-18-15-24(16-19-32)30-28-31-26-4-2-3-5-27(26)33(28)20-22-6-10-23(29)11-7-22;1-2-25-28-32(26(33)31(25)15-7-11-22-9-4-3-5-10-22)16-8-14-29-17-19-30(20-18-29)24-13-6-12-23(27)21-24/h2-13,24H,14-20H2,1H3,(H,30,31);3-6,9-10,12-13,21H,2,7-8,11,14-20H2,1H3. The number of nitrogens with one attached hydrogen (secondary N) is 1. The molecule has 0 bridgehead atoms. The van der Waals surface area contributed by atoms with Gasteiger partial charge in [0, 0.05) is 88.6 Å². The van der Waals surface area contributed by atoms with Crippen LogP contribution in [0.4, 0.5) is 16.0 Å². The molecule has 0 saturated carbocycles. The number of fused-ring (bicyclic) bond motifs is 1. The molecule has 2 fully saturated rings. The van der Waals surface area contributed by atoms with Gasteiger partial charge in [0.2, 0.25) is 5.95 Å². The van der Waals surface area contributed by atoms with Crippen LogP contribution in [0.25, 0.3) is 11.0 Å². The molecule has 2 aromatic heterocycles. The van der Waals surface area contributed by atoms with Gasteiger partial charge >= 0.3 is 5.69 Å². The molecule has 1 N–H and O–H groups in total. The highest BCUT2D eigenvalue weighted by atomic mass is 35.5. The van der Waals surface area contributed by atoms with Crippen molar-refractivity contribution in [2.75, 3.05) is 69.7 Å². The number of halogens is 2. The zero-order chi connectivity index (χ0) is 46.4. The lowest BCUT2D eigenvalue weighted by atomic mass is 10.0. The van der Waals surface area contributed by atoms with Crippen LogP contribution >= 0.6 is 11.6 Å². The Hall–Kier alpha value is -5.95. The zero-order valence-electron chi connectivity index (χ0n) is 39.1. The van der Waals surface area contributed by atoms with Gasteiger partial charge in [-0.15, -0.1) is 0 Å². The summed E-state index contributed by atoms with van der Waals surface area (Å²) < 4.78 is 24.4. The molecule has 9 rings (SSSR count). The van der Waals surface area contributed by atoms with Crippen molar-refractivity contribution < 1.29 is 9.13 Å². The summed E-state index contributed by atoms with van der Waals surface area (Å²) in [6, 6.07) is 42.2. The number of aryl methyl sites for hydroxylation is 3. The second kappa shape index (κ2) is 23.7. The molecule has 11 nitrogen and oxygen atoms in total. The summed E-state index contributed by atoms with van der Waals surface area (Å²) in [6.45, 7) is 12.4. The second-order valence-corrected chi connectivity index (χ2v) is 18.1. The van der Waals surface area contributed by atoms with E-state index in [0.29, 0.717) is 19.1 Å². The van der Waals surface area contributed by atoms with E-state index in [1.165, 1.54) is 28.9 Å². The third kappa shape index (κ3) is 13.1. The van der Waals surface area contributed by atoms with Crippen molar-refractivity contribution in [2.24, 2.45) is 0 Å². The summed E-state index contributed by atoms with van der Waals surface area (Å²) in [5.41, 5.74) is 7.00. The third-order valence-corrected chi connectivity index (χ3v) is 13.3. The Morgan fingerprint density at radius 2 is 1.40 bits per heavy atom. The lowest BCUT2D eigenvalue weighted by molar-refractivity contribution is 0.221. The Labute approximate surface area is 399 Å².